The van der Waals surface area contributed by atoms with Gasteiger partial charge in [-0.15, -0.1) is 0 Å². The summed E-state index contributed by atoms with van der Waals surface area (Å²) in [6, 6.07) is 9.59. The highest BCUT2D eigenvalue weighted by molar-refractivity contribution is 5.89. The molecule has 0 aliphatic heterocycles. The van der Waals surface area contributed by atoms with Gasteiger partial charge >= 0.3 is 6.03 Å². The fraction of sp³-hybridized carbons (Fsp3) is 0.294. The van der Waals surface area contributed by atoms with Crippen LogP contribution in [0.1, 0.15) is 18.1 Å². The van der Waals surface area contributed by atoms with E-state index in [0.29, 0.717) is 13.1 Å². The molecule has 2 aromatic rings. The summed E-state index contributed by atoms with van der Waals surface area (Å²) in [5, 5.41) is 8.94. The third kappa shape index (κ3) is 4.77. The molecule has 1 aromatic heterocycles. The molecule has 5 nitrogen and oxygen atoms in total. The van der Waals surface area contributed by atoms with E-state index in [2.05, 4.69) is 27.9 Å². The number of urea groups is 1. The number of aromatic nitrogens is 1. The number of nitrogens with one attached hydrogen (secondary N) is 3. The van der Waals surface area contributed by atoms with Gasteiger partial charge in [-0.1, -0.05) is 19.1 Å². The number of carbonyl (C=O) groups is 1. The van der Waals surface area contributed by atoms with E-state index >= 15 is 0 Å². The number of anilines is 2. The van der Waals surface area contributed by atoms with Gasteiger partial charge in [-0.3, -0.25) is 4.98 Å². The van der Waals surface area contributed by atoms with Gasteiger partial charge in [0.1, 0.15) is 0 Å². The summed E-state index contributed by atoms with van der Waals surface area (Å²) in [6.45, 7) is 5.29. The van der Waals surface area contributed by atoms with E-state index in [1.165, 1.54) is 5.56 Å². The standard InChI is InChI=1S/C17H22N4O/c1-3-14-5-4-6-15(11-14)21-17(22)20-10-9-19-16-7-8-18-12-13(16)2/h4-8,11-12H,3,9-10H2,1-2H3,(H,18,19)(H2,20,21,22). The lowest BCUT2D eigenvalue weighted by molar-refractivity contribution is 0.252. The Balaban J connectivity index is 1.73. The molecule has 1 heterocycles. The molecule has 0 spiro atoms. The van der Waals surface area contributed by atoms with E-state index in [1.54, 1.807) is 6.20 Å². The van der Waals surface area contributed by atoms with Gasteiger partial charge in [0.25, 0.3) is 0 Å². The fourth-order valence-electron chi connectivity index (χ4n) is 2.09. The van der Waals surface area contributed by atoms with Gasteiger partial charge in [0, 0.05) is 36.9 Å². The molecule has 0 saturated carbocycles. The molecule has 1 aromatic carbocycles. The molecule has 116 valence electrons. The average molecular weight is 298 g/mol. The number of hydrogen-bond donors (Lipinski definition) is 3. The van der Waals surface area contributed by atoms with Crippen molar-refractivity contribution in [3.8, 4) is 0 Å². The van der Waals surface area contributed by atoms with Crippen LogP contribution in [-0.4, -0.2) is 24.1 Å². The summed E-state index contributed by atoms with van der Waals surface area (Å²) in [6.07, 6.45) is 4.51. The number of nitrogens with zero attached hydrogens (tertiary/aromatic N) is 1. The maximum atomic E-state index is 11.8. The third-order valence-electron chi connectivity index (χ3n) is 3.34. The normalized spacial score (nSPS) is 10.1. The van der Waals surface area contributed by atoms with Crippen LogP contribution in [0.25, 0.3) is 0 Å². The van der Waals surface area contributed by atoms with E-state index in [4.69, 9.17) is 0 Å². The quantitative estimate of drug-likeness (QED) is 0.718. The summed E-state index contributed by atoms with van der Waals surface area (Å²) in [5.41, 5.74) is 4.14. The SMILES string of the molecule is CCc1cccc(NC(=O)NCCNc2ccncc2C)c1. The average Bonchev–Trinajstić information content (AvgIpc) is 2.53. The summed E-state index contributed by atoms with van der Waals surface area (Å²) in [4.78, 5) is 15.9. The Labute approximate surface area is 131 Å². The van der Waals surface area contributed by atoms with Gasteiger partial charge in [-0.2, -0.15) is 0 Å². The summed E-state index contributed by atoms with van der Waals surface area (Å²) < 4.78 is 0. The number of aryl methyl sites for hydroxylation is 2. The van der Waals surface area contributed by atoms with Crippen molar-refractivity contribution in [3.05, 3.63) is 53.9 Å². The van der Waals surface area contributed by atoms with Crippen LogP contribution in [-0.2, 0) is 6.42 Å². The van der Waals surface area contributed by atoms with Crippen LogP contribution in [0, 0.1) is 6.92 Å². The first kappa shape index (κ1) is 15.8. The van der Waals surface area contributed by atoms with Gasteiger partial charge in [-0.05, 0) is 42.7 Å². The molecule has 0 atom stereocenters. The Morgan fingerprint density at radius 1 is 1.23 bits per heavy atom. The maximum Gasteiger partial charge on any atom is 0.319 e. The molecule has 0 fully saturated rings. The van der Waals surface area contributed by atoms with E-state index in [1.807, 2.05) is 43.5 Å². The van der Waals surface area contributed by atoms with Crippen molar-refractivity contribution in [2.45, 2.75) is 20.3 Å². The summed E-state index contributed by atoms with van der Waals surface area (Å²) in [5.74, 6) is 0. The van der Waals surface area contributed by atoms with Crippen molar-refractivity contribution in [2.75, 3.05) is 23.7 Å². The summed E-state index contributed by atoms with van der Waals surface area (Å²) in [7, 11) is 0. The van der Waals surface area contributed by atoms with Crippen LogP contribution in [0.15, 0.2) is 42.7 Å². The molecule has 0 saturated heterocycles. The molecule has 3 N–H and O–H groups in total. The van der Waals surface area contributed by atoms with Crippen molar-refractivity contribution < 1.29 is 4.79 Å². The second-order valence-corrected chi connectivity index (χ2v) is 5.05. The minimum absolute atomic E-state index is 0.193. The van der Waals surface area contributed by atoms with Crippen molar-refractivity contribution >= 4 is 17.4 Å². The van der Waals surface area contributed by atoms with Crippen molar-refractivity contribution in [1.82, 2.24) is 10.3 Å². The van der Waals surface area contributed by atoms with E-state index in [9.17, 15) is 4.79 Å². The van der Waals surface area contributed by atoms with Crippen LogP contribution in [0.2, 0.25) is 0 Å². The van der Waals surface area contributed by atoms with Crippen LogP contribution < -0.4 is 16.0 Å². The number of benzene rings is 1. The second-order valence-electron chi connectivity index (χ2n) is 5.05. The van der Waals surface area contributed by atoms with E-state index in [-0.39, 0.29) is 6.03 Å². The van der Waals surface area contributed by atoms with Crippen LogP contribution in [0.5, 0.6) is 0 Å². The van der Waals surface area contributed by atoms with Crippen LogP contribution in [0.4, 0.5) is 16.2 Å². The number of pyridine rings is 1. The Hall–Kier alpha value is -2.56. The van der Waals surface area contributed by atoms with Gasteiger partial charge in [0.05, 0.1) is 0 Å². The minimum Gasteiger partial charge on any atom is -0.383 e. The molecule has 22 heavy (non-hydrogen) atoms. The Morgan fingerprint density at radius 3 is 2.86 bits per heavy atom. The van der Waals surface area contributed by atoms with Crippen molar-refractivity contribution in [3.63, 3.8) is 0 Å². The predicted octanol–water partition coefficient (Wildman–Crippen LogP) is 3.19. The molecule has 2 amide bonds. The molecule has 0 unspecified atom stereocenters. The molecular formula is C17H22N4O. The zero-order valence-corrected chi connectivity index (χ0v) is 13.0. The highest BCUT2D eigenvalue weighted by Crippen LogP contribution is 2.11. The first-order chi connectivity index (χ1) is 10.7. The highest BCUT2D eigenvalue weighted by atomic mass is 16.2. The number of hydrogen-bond acceptors (Lipinski definition) is 3. The molecule has 2 rings (SSSR count). The van der Waals surface area contributed by atoms with Crippen molar-refractivity contribution in [1.29, 1.82) is 0 Å². The predicted molar refractivity (Wildman–Crippen MR) is 90.3 cm³/mol. The minimum atomic E-state index is -0.193. The third-order valence-corrected chi connectivity index (χ3v) is 3.34. The molecule has 0 aliphatic carbocycles. The van der Waals surface area contributed by atoms with Gasteiger partial charge < -0.3 is 16.0 Å². The fourth-order valence-corrected chi connectivity index (χ4v) is 2.09. The van der Waals surface area contributed by atoms with Gasteiger partial charge in [0.15, 0.2) is 0 Å². The number of carbonyl (C=O) groups excluding carboxylic acids is 1. The monoisotopic (exact) mass is 298 g/mol. The first-order valence-electron chi connectivity index (χ1n) is 7.47. The zero-order chi connectivity index (χ0) is 15.8. The molecule has 0 radical (unpaired) electrons. The lowest BCUT2D eigenvalue weighted by Gasteiger charge is -2.11. The van der Waals surface area contributed by atoms with E-state index in [0.717, 1.165) is 23.4 Å². The van der Waals surface area contributed by atoms with Crippen molar-refractivity contribution in [2.24, 2.45) is 0 Å². The lowest BCUT2D eigenvalue weighted by Crippen LogP contribution is -2.32. The second kappa shape index (κ2) is 8.02. The van der Waals surface area contributed by atoms with Crippen LogP contribution >= 0.6 is 0 Å². The number of amides is 2. The molecule has 0 bridgehead atoms. The lowest BCUT2D eigenvalue weighted by atomic mass is 10.1. The number of rotatable bonds is 6. The smallest absolute Gasteiger partial charge is 0.319 e. The topological polar surface area (TPSA) is 66.1 Å². The molecule has 5 heteroatoms. The largest absolute Gasteiger partial charge is 0.383 e. The summed E-state index contributed by atoms with van der Waals surface area (Å²) >= 11 is 0. The Bertz CT molecular complexity index is 628. The van der Waals surface area contributed by atoms with E-state index < -0.39 is 0 Å². The van der Waals surface area contributed by atoms with Crippen LogP contribution in [0.3, 0.4) is 0 Å². The Kier molecular flexibility index (Phi) is 5.77. The molecule has 0 aliphatic rings. The van der Waals surface area contributed by atoms with Gasteiger partial charge in [0.2, 0.25) is 0 Å². The molecular weight excluding hydrogens is 276 g/mol. The highest BCUT2D eigenvalue weighted by Gasteiger charge is 2.02. The Morgan fingerprint density at radius 2 is 2.09 bits per heavy atom. The zero-order valence-electron chi connectivity index (χ0n) is 13.0. The maximum absolute atomic E-state index is 11.8. The van der Waals surface area contributed by atoms with Gasteiger partial charge in [-0.25, -0.2) is 4.79 Å². The first-order valence-corrected chi connectivity index (χ1v) is 7.47.